The van der Waals surface area contributed by atoms with Crippen LogP contribution in [0.1, 0.15) is 42.8 Å². The molecular formula is C25H30F6N4O5. The molecule has 1 spiro atoms. The van der Waals surface area contributed by atoms with E-state index in [0.29, 0.717) is 18.9 Å². The number of carbonyl (C=O) groups excluding carboxylic acids is 1. The number of nitrogens with zero attached hydrogens (tertiary/aromatic N) is 4. The minimum Gasteiger partial charge on any atom is -0.475 e. The van der Waals surface area contributed by atoms with Gasteiger partial charge in [0, 0.05) is 56.2 Å². The van der Waals surface area contributed by atoms with Gasteiger partial charge in [-0.2, -0.15) is 26.3 Å². The van der Waals surface area contributed by atoms with Crippen molar-refractivity contribution in [1.29, 1.82) is 0 Å². The fourth-order valence-electron chi connectivity index (χ4n) is 4.52. The summed E-state index contributed by atoms with van der Waals surface area (Å²) in [5.41, 5.74) is 3.41. The molecule has 9 nitrogen and oxygen atoms in total. The fourth-order valence-corrected chi connectivity index (χ4v) is 4.52. The Kier molecular flexibility index (Phi) is 10.7. The van der Waals surface area contributed by atoms with E-state index in [-0.39, 0.29) is 5.54 Å². The molecule has 0 unspecified atom stereocenters. The number of carboxylic acid groups (broad SMARTS) is 2. The lowest BCUT2D eigenvalue weighted by atomic mass is 9.84. The summed E-state index contributed by atoms with van der Waals surface area (Å²) < 4.78 is 65.7. The van der Waals surface area contributed by atoms with Gasteiger partial charge in [0.25, 0.3) is 0 Å². The van der Waals surface area contributed by atoms with Crippen LogP contribution in [0.4, 0.5) is 26.3 Å². The SMILES string of the molecule is Cc1cccc(CN2C(=O)CCC23CCN(Cc2cccn2C)CC3)n1.O=C(O)C(F)(F)F.O=C(O)C(F)(F)F. The molecule has 4 heterocycles. The molecule has 2 aromatic rings. The van der Waals surface area contributed by atoms with Crippen LogP contribution in [0.15, 0.2) is 36.5 Å². The Morgan fingerprint density at radius 1 is 0.925 bits per heavy atom. The Bertz CT molecular complexity index is 1150. The number of hydrogen-bond donors (Lipinski definition) is 2. The fraction of sp³-hybridized carbons (Fsp3) is 0.520. The molecule has 2 aliphatic rings. The van der Waals surface area contributed by atoms with Crippen LogP contribution in [0.3, 0.4) is 0 Å². The van der Waals surface area contributed by atoms with Gasteiger partial charge in [-0.3, -0.25) is 14.7 Å². The Labute approximate surface area is 226 Å². The molecule has 2 N–H and O–H groups in total. The molecule has 0 atom stereocenters. The molecule has 2 saturated heterocycles. The molecule has 0 aliphatic carbocycles. The van der Waals surface area contributed by atoms with Crippen molar-refractivity contribution in [2.45, 2.75) is 63.6 Å². The van der Waals surface area contributed by atoms with Gasteiger partial charge in [0.1, 0.15) is 0 Å². The second-order valence-electron chi connectivity index (χ2n) is 9.47. The first-order chi connectivity index (χ1) is 18.4. The number of likely N-dealkylation sites (tertiary alicyclic amines) is 2. The summed E-state index contributed by atoms with van der Waals surface area (Å²) in [5, 5.41) is 14.2. The van der Waals surface area contributed by atoms with Gasteiger partial charge < -0.3 is 19.7 Å². The predicted octanol–water partition coefficient (Wildman–Crippen LogP) is 4.15. The molecule has 40 heavy (non-hydrogen) atoms. The van der Waals surface area contributed by atoms with Crippen LogP contribution < -0.4 is 0 Å². The van der Waals surface area contributed by atoms with Gasteiger partial charge in [-0.1, -0.05) is 6.07 Å². The average Bonchev–Trinajstić information content (AvgIpc) is 3.38. The Morgan fingerprint density at radius 2 is 1.48 bits per heavy atom. The highest BCUT2D eigenvalue weighted by molar-refractivity contribution is 5.79. The van der Waals surface area contributed by atoms with Gasteiger partial charge in [0.05, 0.1) is 12.2 Å². The molecule has 4 rings (SSSR count). The number of halogens is 6. The van der Waals surface area contributed by atoms with Crippen LogP contribution in [-0.4, -0.2) is 78.4 Å². The van der Waals surface area contributed by atoms with E-state index in [1.807, 2.05) is 25.1 Å². The third kappa shape index (κ3) is 9.24. The molecule has 2 aliphatic heterocycles. The van der Waals surface area contributed by atoms with Gasteiger partial charge in [-0.05, 0) is 50.5 Å². The highest BCUT2D eigenvalue weighted by atomic mass is 19.4. The first-order valence-corrected chi connectivity index (χ1v) is 12.1. The van der Waals surface area contributed by atoms with Crippen molar-refractivity contribution < 1.29 is 50.9 Å². The van der Waals surface area contributed by atoms with E-state index in [4.69, 9.17) is 19.8 Å². The molecule has 15 heteroatoms. The van der Waals surface area contributed by atoms with Gasteiger partial charge in [0.15, 0.2) is 0 Å². The maximum Gasteiger partial charge on any atom is 0.490 e. The first-order valence-electron chi connectivity index (χ1n) is 12.1. The van der Waals surface area contributed by atoms with Crippen molar-refractivity contribution in [2.75, 3.05) is 13.1 Å². The molecule has 0 aromatic carbocycles. The maximum atomic E-state index is 12.6. The number of carbonyl (C=O) groups is 3. The zero-order valence-corrected chi connectivity index (χ0v) is 21.8. The third-order valence-corrected chi connectivity index (χ3v) is 6.65. The normalized spacial score (nSPS) is 17.1. The second-order valence-corrected chi connectivity index (χ2v) is 9.47. The number of hydrogen-bond acceptors (Lipinski definition) is 5. The molecule has 2 aromatic heterocycles. The molecule has 0 radical (unpaired) electrons. The van der Waals surface area contributed by atoms with E-state index < -0.39 is 24.3 Å². The number of rotatable bonds is 4. The molecular weight excluding hydrogens is 550 g/mol. The van der Waals surface area contributed by atoms with E-state index in [0.717, 1.165) is 50.3 Å². The molecule has 1 amide bonds. The van der Waals surface area contributed by atoms with E-state index in [2.05, 4.69) is 44.7 Å². The van der Waals surface area contributed by atoms with Crippen LogP contribution >= 0.6 is 0 Å². The van der Waals surface area contributed by atoms with Gasteiger partial charge in [-0.15, -0.1) is 0 Å². The zero-order valence-electron chi connectivity index (χ0n) is 21.8. The predicted molar refractivity (Wildman–Crippen MR) is 129 cm³/mol. The molecule has 2 fully saturated rings. The van der Waals surface area contributed by atoms with E-state index in [9.17, 15) is 31.1 Å². The maximum absolute atomic E-state index is 12.6. The third-order valence-electron chi connectivity index (χ3n) is 6.65. The number of pyridine rings is 1. The van der Waals surface area contributed by atoms with Gasteiger partial charge in [0.2, 0.25) is 5.91 Å². The lowest BCUT2D eigenvalue weighted by Crippen LogP contribution is -2.52. The number of amides is 1. The number of piperidine rings is 1. The summed E-state index contributed by atoms with van der Waals surface area (Å²) in [7, 11) is 2.10. The molecule has 222 valence electrons. The van der Waals surface area contributed by atoms with E-state index in [1.54, 1.807) is 0 Å². The number of alkyl halides is 6. The Morgan fingerprint density at radius 3 is 1.93 bits per heavy atom. The summed E-state index contributed by atoms with van der Waals surface area (Å²) in [4.78, 5) is 39.7. The number of carboxylic acids is 2. The highest BCUT2D eigenvalue weighted by Gasteiger charge is 2.46. The highest BCUT2D eigenvalue weighted by Crippen LogP contribution is 2.40. The monoisotopic (exact) mass is 580 g/mol. The van der Waals surface area contributed by atoms with Crippen LogP contribution in [0.25, 0.3) is 0 Å². The molecule has 0 bridgehead atoms. The molecule has 0 saturated carbocycles. The van der Waals surface area contributed by atoms with E-state index in [1.165, 1.54) is 5.69 Å². The zero-order chi connectivity index (χ0) is 30.3. The van der Waals surface area contributed by atoms with Gasteiger partial charge >= 0.3 is 24.3 Å². The quantitative estimate of drug-likeness (QED) is 0.522. The van der Waals surface area contributed by atoms with Crippen molar-refractivity contribution in [1.82, 2.24) is 19.4 Å². The second kappa shape index (κ2) is 13.2. The van der Waals surface area contributed by atoms with Crippen molar-refractivity contribution in [2.24, 2.45) is 7.05 Å². The minimum absolute atomic E-state index is 0.0349. The van der Waals surface area contributed by atoms with Crippen LogP contribution in [0.5, 0.6) is 0 Å². The van der Waals surface area contributed by atoms with Crippen LogP contribution in [0, 0.1) is 6.92 Å². The lowest BCUT2D eigenvalue weighted by molar-refractivity contribution is -0.193. The lowest BCUT2D eigenvalue weighted by Gasteiger charge is -2.45. The summed E-state index contributed by atoms with van der Waals surface area (Å²) in [6.45, 7) is 5.75. The Hall–Kier alpha value is -3.62. The average molecular weight is 581 g/mol. The van der Waals surface area contributed by atoms with Crippen molar-refractivity contribution in [3.05, 3.63) is 53.6 Å². The summed E-state index contributed by atoms with van der Waals surface area (Å²) in [5.74, 6) is -5.22. The smallest absolute Gasteiger partial charge is 0.475 e. The summed E-state index contributed by atoms with van der Waals surface area (Å²) in [6, 6.07) is 10.4. The van der Waals surface area contributed by atoms with Crippen molar-refractivity contribution in [3.63, 3.8) is 0 Å². The summed E-state index contributed by atoms with van der Waals surface area (Å²) in [6.07, 6.45) is -4.25. The minimum atomic E-state index is -5.08. The standard InChI is InChI=1S/C21H28N4O.2C2HF3O2/c1-17-5-3-6-18(22-17)15-25-20(26)8-9-21(25)10-13-24(14-11-21)16-19-7-4-12-23(19)2;2*3-2(4,5)1(6)7/h3-7,12H,8-11,13-16H2,1-2H3;2*(H,6,7). The topological polar surface area (TPSA) is 116 Å². The first kappa shape index (κ1) is 32.6. The Balaban J connectivity index is 0.000000333. The van der Waals surface area contributed by atoms with Crippen molar-refractivity contribution >= 4 is 17.8 Å². The summed E-state index contributed by atoms with van der Waals surface area (Å²) >= 11 is 0. The van der Waals surface area contributed by atoms with Crippen LogP contribution in [-0.2, 0) is 34.5 Å². The van der Waals surface area contributed by atoms with Gasteiger partial charge in [-0.25, -0.2) is 9.59 Å². The largest absolute Gasteiger partial charge is 0.490 e. The van der Waals surface area contributed by atoms with Crippen LogP contribution in [0.2, 0.25) is 0 Å². The number of aromatic nitrogens is 2. The van der Waals surface area contributed by atoms with E-state index >= 15 is 0 Å². The number of aryl methyl sites for hydroxylation is 2. The number of aliphatic carboxylic acids is 2. The van der Waals surface area contributed by atoms with Crippen molar-refractivity contribution in [3.8, 4) is 0 Å².